The fourth-order valence-electron chi connectivity index (χ4n) is 2.30. The van der Waals surface area contributed by atoms with Crippen LogP contribution in [-0.4, -0.2) is 16.8 Å². The SMILES string of the molecule is CCn1c(=O)oc2cc(C(O)c3cc(OC)cs3)ccc21. The highest BCUT2D eigenvalue weighted by Crippen LogP contribution is 2.32. The van der Waals surface area contributed by atoms with Crippen LogP contribution >= 0.6 is 11.3 Å². The molecule has 0 bridgehead atoms. The van der Waals surface area contributed by atoms with E-state index < -0.39 is 6.10 Å². The molecule has 0 aliphatic rings. The number of aliphatic hydroxyl groups excluding tert-OH is 1. The van der Waals surface area contributed by atoms with E-state index in [4.69, 9.17) is 9.15 Å². The molecule has 0 amide bonds. The van der Waals surface area contributed by atoms with Crippen LogP contribution in [0.15, 0.2) is 38.9 Å². The molecular formula is C15H15NO4S. The van der Waals surface area contributed by atoms with Crippen molar-refractivity contribution in [1.29, 1.82) is 0 Å². The van der Waals surface area contributed by atoms with Crippen LogP contribution in [0.2, 0.25) is 0 Å². The summed E-state index contributed by atoms with van der Waals surface area (Å²) in [6, 6.07) is 7.11. The van der Waals surface area contributed by atoms with Gasteiger partial charge >= 0.3 is 5.76 Å². The lowest BCUT2D eigenvalue weighted by molar-refractivity contribution is 0.224. The second-order valence-corrected chi connectivity index (χ2v) is 5.57. The third-order valence-corrected chi connectivity index (χ3v) is 4.39. The maximum Gasteiger partial charge on any atom is 0.419 e. The van der Waals surface area contributed by atoms with E-state index >= 15 is 0 Å². The minimum Gasteiger partial charge on any atom is -0.496 e. The van der Waals surface area contributed by atoms with Crippen LogP contribution in [0, 0.1) is 0 Å². The average Bonchev–Trinajstić information content (AvgIpc) is 3.08. The van der Waals surface area contributed by atoms with Gasteiger partial charge in [0.15, 0.2) is 5.58 Å². The standard InChI is InChI=1S/C15H15NO4S/c1-3-16-11-5-4-9(6-12(11)20-15(16)18)14(17)13-7-10(19-2)8-21-13/h4-8,14,17H,3H2,1-2H3. The third kappa shape index (κ3) is 2.36. The molecule has 1 N–H and O–H groups in total. The molecule has 3 aromatic rings. The van der Waals surface area contributed by atoms with Gasteiger partial charge in [0.25, 0.3) is 0 Å². The van der Waals surface area contributed by atoms with E-state index in [1.54, 1.807) is 35.9 Å². The lowest BCUT2D eigenvalue weighted by atomic mass is 10.1. The lowest BCUT2D eigenvalue weighted by Gasteiger charge is -2.08. The predicted molar refractivity (Wildman–Crippen MR) is 81.1 cm³/mol. The Kier molecular flexibility index (Phi) is 3.57. The number of ether oxygens (including phenoxy) is 1. The fraction of sp³-hybridized carbons (Fsp3) is 0.267. The number of fused-ring (bicyclic) bond motifs is 1. The fourth-order valence-corrected chi connectivity index (χ4v) is 3.17. The Morgan fingerprint density at radius 3 is 2.90 bits per heavy atom. The van der Waals surface area contributed by atoms with E-state index in [0.717, 1.165) is 16.1 Å². The Morgan fingerprint density at radius 2 is 2.24 bits per heavy atom. The van der Waals surface area contributed by atoms with Crippen LogP contribution < -0.4 is 10.5 Å². The minimum absolute atomic E-state index is 0.378. The second kappa shape index (κ2) is 5.38. The molecule has 0 spiro atoms. The number of aryl methyl sites for hydroxylation is 1. The lowest BCUT2D eigenvalue weighted by Crippen LogP contribution is -2.11. The number of aromatic nitrogens is 1. The predicted octanol–water partition coefficient (Wildman–Crippen LogP) is 2.77. The number of oxazole rings is 1. The normalized spacial score (nSPS) is 12.7. The number of thiophene rings is 1. The second-order valence-electron chi connectivity index (χ2n) is 4.63. The van der Waals surface area contributed by atoms with Gasteiger partial charge in [0.1, 0.15) is 11.9 Å². The van der Waals surface area contributed by atoms with Crippen molar-refractivity contribution in [2.45, 2.75) is 19.6 Å². The number of benzene rings is 1. The van der Waals surface area contributed by atoms with E-state index in [0.29, 0.717) is 17.7 Å². The Balaban J connectivity index is 2.02. The van der Waals surface area contributed by atoms with Crippen molar-refractivity contribution in [2.24, 2.45) is 0 Å². The van der Waals surface area contributed by atoms with Crippen LogP contribution in [0.1, 0.15) is 23.5 Å². The largest absolute Gasteiger partial charge is 0.496 e. The Labute approximate surface area is 125 Å². The van der Waals surface area contributed by atoms with E-state index in [1.165, 1.54) is 11.3 Å². The smallest absolute Gasteiger partial charge is 0.419 e. The van der Waals surface area contributed by atoms with Gasteiger partial charge in [-0.2, -0.15) is 0 Å². The number of hydrogen-bond acceptors (Lipinski definition) is 5. The van der Waals surface area contributed by atoms with E-state index in [-0.39, 0.29) is 5.76 Å². The van der Waals surface area contributed by atoms with Crippen LogP contribution in [-0.2, 0) is 6.54 Å². The molecule has 1 atom stereocenters. The number of aliphatic hydroxyl groups is 1. The molecule has 0 aliphatic carbocycles. The Morgan fingerprint density at radius 1 is 1.43 bits per heavy atom. The summed E-state index contributed by atoms with van der Waals surface area (Å²) in [7, 11) is 1.59. The summed E-state index contributed by atoms with van der Waals surface area (Å²) in [4.78, 5) is 12.5. The molecule has 0 fully saturated rings. The molecule has 6 heteroatoms. The molecule has 0 saturated heterocycles. The number of nitrogens with zero attached hydrogens (tertiary/aromatic N) is 1. The van der Waals surface area contributed by atoms with Gasteiger partial charge in [-0.1, -0.05) is 6.07 Å². The quantitative estimate of drug-likeness (QED) is 0.805. The first-order valence-electron chi connectivity index (χ1n) is 6.57. The zero-order valence-corrected chi connectivity index (χ0v) is 12.5. The zero-order chi connectivity index (χ0) is 15.0. The summed E-state index contributed by atoms with van der Waals surface area (Å²) in [6.45, 7) is 2.44. The molecule has 0 aliphatic heterocycles. The van der Waals surface area contributed by atoms with E-state index in [1.807, 2.05) is 12.3 Å². The molecule has 3 rings (SSSR count). The van der Waals surface area contributed by atoms with Crippen molar-refractivity contribution in [1.82, 2.24) is 4.57 Å². The van der Waals surface area contributed by atoms with Crippen molar-refractivity contribution >= 4 is 22.4 Å². The maximum atomic E-state index is 11.7. The molecule has 0 saturated carbocycles. The third-order valence-electron chi connectivity index (χ3n) is 3.43. The number of rotatable bonds is 4. The molecule has 2 heterocycles. The molecular weight excluding hydrogens is 290 g/mol. The van der Waals surface area contributed by atoms with Crippen molar-refractivity contribution in [2.75, 3.05) is 7.11 Å². The molecule has 110 valence electrons. The van der Waals surface area contributed by atoms with Crippen molar-refractivity contribution in [3.05, 3.63) is 50.6 Å². The summed E-state index contributed by atoms with van der Waals surface area (Å²) in [5, 5.41) is 12.3. The Hall–Kier alpha value is -2.05. The van der Waals surface area contributed by atoms with Crippen molar-refractivity contribution in [3.8, 4) is 5.75 Å². The summed E-state index contributed by atoms with van der Waals surface area (Å²) in [6.07, 6.45) is -0.765. The van der Waals surface area contributed by atoms with Gasteiger partial charge in [0.05, 0.1) is 12.6 Å². The van der Waals surface area contributed by atoms with Gasteiger partial charge in [0, 0.05) is 16.8 Å². The Bertz CT molecular complexity index is 830. The first-order valence-corrected chi connectivity index (χ1v) is 7.45. The van der Waals surface area contributed by atoms with Gasteiger partial charge < -0.3 is 14.3 Å². The molecule has 2 aromatic heterocycles. The van der Waals surface area contributed by atoms with Crippen LogP contribution in [0.5, 0.6) is 5.75 Å². The van der Waals surface area contributed by atoms with Crippen LogP contribution in [0.25, 0.3) is 11.1 Å². The highest BCUT2D eigenvalue weighted by atomic mass is 32.1. The van der Waals surface area contributed by atoms with E-state index in [9.17, 15) is 9.90 Å². The number of methoxy groups -OCH3 is 1. The zero-order valence-electron chi connectivity index (χ0n) is 11.7. The molecule has 1 aromatic carbocycles. The number of hydrogen-bond donors (Lipinski definition) is 1. The van der Waals surface area contributed by atoms with Crippen molar-refractivity contribution < 1.29 is 14.3 Å². The maximum absolute atomic E-state index is 11.7. The summed E-state index contributed by atoms with van der Waals surface area (Å²) < 4.78 is 11.9. The van der Waals surface area contributed by atoms with Crippen LogP contribution in [0.3, 0.4) is 0 Å². The van der Waals surface area contributed by atoms with Gasteiger partial charge in [-0.3, -0.25) is 4.57 Å². The van der Waals surface area contributed by atoms with Gasteiger partial charge in [0.2, 0.25) is 0 Å². The van der Waals surface area contributed by atoms with E-state index in [2.05, 4.69) is 0 Å². The molecule has 5 nitrogen and oxygen atoms in total. The molecule has 1 unspecified atom stereocenters. The molecule has 21 heavy (non-hydrogen) atoms. The summed E-state index contributed by atoms with van der Waals surface area (Å²) in [5.41, 5.74) is 1.91. The van der Waals surface area contributed by atoms with Crippen LogP contribution in [0.4, 0.5) is 0 Å². The summed E-state index contributed by atoms with van der Waals surface area (Å²) in [5.74, 6) is 0.343. The monoisotopic (exact) mass is 305 g/mol. The van der Waals surface area contributed by atoms with Gasteiger partial charge in [-0.25, -0.2) is 4.79 Å². The average molecular weight is 305 g/mol. The highest BCUT2D eigenvalue weighted by molar-refractivity contribution is 7.10. The van der Waals surface area contributed by atoms with Gasteiger partial charge in [-0.15, -0.1) is 11.3 Å². The highest BCUT2D eigenvalue weighted by Gasteiger charge is 2.16. The summed E-state index contributed by atoms with van der Waals surface area (Å²) >= 11 is 1.42. The van der Waals surface area contributed by atoms with Gasteiger partial charge in [-0.05, 0) is 30.7 Å². The first kappa shape index (κ1) is 13.9. The molecule has 0 radical (unpaired) electrons. The topological polar surface area (TPSA) is 64.6 Å². The first-order chi connectivity index (χ1) is 10.1. The minimum atomic E-state index is -0.765. The van der Waals surface area contributed by atoms with Crippen molar-refractivity contribution in [3.63, 3.8) is 0 Å².